The number of hydrogen-bond acceptors (Lipinski definition) is 2. The minimum atomic E-state index is -0.540. The molecule has 0 aromatic carbocycles. The Morgan fingerprint density at radius 1 is 1.12 bits per heavy atom. The van der Waals surface area contributed by atoms with Gasteiger partial charge in [-0.1, -0.05) is 27.7 Å². The minimum absolute atomic E-state index is 0.540. The highest BCUT2D eigenvalue weighted by Gasteiger charge is 2.20. The molecule has 98 valence electrons. The molecule has 0 rings (SSSR count). The van der Waals surface area contributed by atoms with E-state index in [9.17, 15) is 5.11 Å². The van der Waals surface area contributed by atoms with Crippen LogP contribution in [0.5, 0.6) is 0 Å². The molecule has 0 radical (unpaired) electrons. The van der Waals surface area contributed by atoms with Gasteiger partial charge in [-0.3, -0.25) is 0 Å². The Morgan fingerprint density at radius 3 is 1.94 bits per heavy atom. The van der Waals surface area contributed by atoms with Crippen LogP contribution in [0.15, 0.2) is 0 Å². The van der Waals surface area contributed by atoms with Crippen molar-refractivity contribution in [1.82, 2.24) is 4.90 Å². The van der Waals surface area contributed by atoms with E-state index < -0.39 is 5.60 Å². The zero-order chi connectivity index (χ0) is 12.8. The van der Waals surface area contributed by atoms with Crippen LogP contribution in [-0.4, -0.2) is 34.7 Å². The fraction of sp³-hybridized carbons (Fsp3) is 1.00. The lowest BCUT2D eigenvalue weighted by Crippen LogP contribution is -2.40. The highest BCUT2D eigenvalue weighted by Crippen LogP contribution is 2.15. The van der Waals surface area contributed by atoms with Crippen LogP contribution < -0.4 is 0 Å². The maximum Gasteiger partial charge on any atom is 0.0603 e. The van der Waals surface area contributed by atoms with Gasteiger partial charge in [-0.05, 0) is 39.0 Å². The summed E-state index contributed by atoms with van der Waals surface area (Å²) in [5.74, 6) is 0.697. The first-order chi connectivity index (χ1) is 7.30. The van der Waals surface area contributed by atoms with E-state index in [0.717, 1.165) is 19.5 Å². The van der Waals surface area contributed by atoms with Crippen molar-refractivity contribution in [2.24, 2.45) is 5.92 Å². The molecule has 0 aliphatic rings. The van der Waals surface area contributed by atoms with Gasteiger partial charge in [-0.2, -0.15) is 0 Å². The van der Waals surface area contributed by atoms with Crippen LogP contribution in [0, 0.1) is 5.92 Å². The summed E-state index contributed by atoms with van der Waals surface area (Å²) in [6.07, 6.45) is 3.26. The quantitative estimate of drug-likeness (QED) is 0.690. The van der Waals surface area contributed by atoms with Gasteiger partial charge in [0.15, 0.2) is 0 Å². The van der Waals surface area contributed by atoms with Crippen molar-refractivity contribution >= 4 is 0 Å². The fourth-order valence-electron chi connectivity index (χ4n) is 2.11. The summed E-state index contributed by atoms with van der Waals surface area (Å²) >= 11 is 0. The van der Waals surface area contributed by atoms with Crippen molar-refractivity contribution < 1.29 is 5.11 Å². The molecule has 0 unspecified atom stereocenters. The lowest BCUT2D eigenvalue weighted by Gasteiger charge is -2.33. The van der Waals surface area contributed by atoms with E-state index >= 15 is 0 Å². The van der Waals surface area contributed by atoms with Crippen molar-refractivity contribution in [2.45, 2.75) is 72.4 Å². The summed E-state index contributed by atoms with van der Waals surface area (Å²) < 4.78 is 0. The normalized spacial score (nSPS) is 13.1. The second kappa shape index (κ2) is 7.29. The Labute approximate surface area is 102 Å². The van der Waals surface area contributed by atoms with Gasteiger partial charge in [0.1, 0.15) is 0 Å². The number of nitrogens with zero attached hydrogens (tertiary/aromatic N) is 1. The Kier molecular flexibility index (Phi) is 7.25. The van der Waals surface area contributed by atoms with Crippen molar-refractivity contribution in [3.63, 3.8) is 0 Å². The number of aliphatic hydroxyl groups is 1. The molecular formula is C14H31NO. The molecule has 0 fully saturated rings. The third-order valence-electron chi connectivity index (χ3n) is 3.07. The summed E-state index contributed by atoms with van der Waals surface area (Å²) in [5.41, 5.74) is -0.540. The maximum absolute atomic E-state index is 9.80. The van der Waals surface area contributed by atoms with Gasteiger partial charge >= 0.3 is 0 Å². The molecule has 0 aromatic heterocycles. The molecule has 0 saturated heterocycles. The van der Waals surface area contributed by atoms with E-state index in [1.165, 1.54) is 12.8 Å². The summed E-state index contributed by atoms with van der Waals surface area (Å²) in [5, 5.41) is 9.80. The van der Waals surface area contributed by atoms with Crippen LogP contribution in [0.1, 0.15) is 60.8 Å². The molecule has 0 bridgehead atoms. The van der Waals surface area contributed by atoms with E-state index in [2.05, 4.69) is 32.6 Å². The molecule has 0 saturated carbocycles. The Balaban J connectivity index is 4.30. The van der Waals surface area contributed by atoms with E-state index in [4.69, 9.17) is 0 Å². The van der Waals surface area contributed by atoms with Gasteiger partial charge in [-0.25, -0.2) is 0 Å². The van der Waals surface area contributed by atoms with Gasteiger partial charge in [0.05, 0.1) is 5.60 Å². The SMILES string of the molecule is CCC(CC)N(CCC(C)(C)O)CC(C)C. The molecule has 1 N–H and O–H groups in total. The molecule has 0 atom stereocenters. The topological polar surface area (TPSA) is 23.5 Å². The van der Waals surface area contributed by atoms with Gasteiger partial charge in [-0.15, -0.1) is 0 Å². The van der Waals surface area contributed by atoms with Gasteiger partial charge < -0.3 is 10.0 Å². The monoisotopic (exact) mass is 229 g/mol. The predicted molar refractivity (Wildman–Crippen MR) is 71.7 cm³/mol. The lowest BCUT2D eigenvalue weighted by molar-refractivity contribution is 0.0470. The van der Waals surface area contributed by atoms with Crippen molar-refractivity contribution in [1.29, 1.82) is 0 Å². The maximum atomic E-state index is 9.80. The highest BCUT2D eigenvalue weighted by molar-refractivity contribution is 4.74. The van der Waals surface area contributed by atoms with Gasteiger partial charge in [0, 0.05) is 19.1 Å². The van der Waals surface area contributed by atoms with Crippen LogP contribution >= 0.6 is 0 Å². The Morgan fingerprint density at radius 2 is 1.62 bits per heavy atom. The Bertz CT molecular complexity index is 168. The largest absolute Gasteiger partial charge is 0.390 e. The standard InChI is InChI=1S/C14H31NO/c1-7-13(8-2)15(11-12(3)4)10-9-14(5,6)16/h12-13,16H,7-11H2,1-6H3. The molecule has 0 aliphatic heterocycles. The fourth-order valence-corrected chi connectivity index (χ4v) is 2.11. The molecule has 2 nitrogen and oxygen atoms in total. The molecule has 0 heterocycles. The van der Waals surface area contributed by atoms with Crippen molar-refractivity contribution in [3.05, 3.63) is 0 Å². The van der Waals surface area contributed by atoms with Crippen LogP contribution in [0.25, 0.3) is 0 Å². The first kappa shape index (κ1) is 15.9. The first-order valence-corrected chi connectivity index (χ1v) is 6.76. The summed E-state index contributed by atoms with van der Waals surface area (Å²) in [4.78, 5) is 2.54. The zero-order valence-electron chi connectivity index (χ0n) is 12.1. The molecule has 2 heteroatoms. The smallest absolute Gasteiger partial charge is 0.0603 e. The summed E-state index contributed by atoms with van der Waals surface area (Å²) in [6, 6.07) is 0.671. The van der Waals surface area contributed by atoms with Crippen LogP contribution in [0.3, 0.4) is 0 Å². The second-order valence-corrected chi connectivity index (χ2v) is 5.92. The first-order valence-electron chi connectivity index (χ1n) is 6.76. The number of rotatable bonds is 8. The lowest BCUT2D eigenvalue weighted by atomic mass is 10.0. The van der Waals surface area contributed by atoms with Crippen LogP contribution in [-0.2, 0) is 0 Å². The van der Waals surface area contributed by atoms with Crippen LogP contribution in [0.2, 0.25) is 0 Å². The van der Waals surface area contributed by atoms with Crippen LogP contribution in [0.4, 0.5) is 0 Å². The van der Waals surface area contributed by atoms with Crippen molar-refractivity contribution in [2.75, 3.05) is 13.1 Å². The summed E-state index contributed by atoms with van der Waals surface area (Å²) in [7, 11) is 0. The number of hydrogen-bond donors (Lipinski definition) is 1. The molecule has 0 amide bonds. The molecular weight excluding hydrogens is 198 g/mol. The van der Waals surface area contributed by atoms with E-state index in [-0.39, 0.29) is 0 Å². The second-order valence-electron chi connectivity index (χ2n) is 5.92. The van der Waals surface area contributed by atoms with Crippen molar-refractivity contribution in [3.8, 4) is 0 Å². The third kappa shape index (κ3) is 7.24. The molecule has 16 heavy (non-hydrogen) atoms. The summed E-state index contributed by atoms with van der Waals surface area (Å²) in [6.45, 7) is 15.0. The predicted octanol–water partition coefficient (Wildman–Crippen LogP) is 3.29. The zero-order valence-corrected chi connectivity index (χ0v) is 12.1. The highest BCUT2D eigenvalue weighted by atomic mass is 16.3. The van der Waals surface area contributed by atoms with E-state index in [1.54, 1.807) is 0 Å². The van der Waals surface area contributed by atoms with E-state index in [1.807, 2.05) is 13.8 Å². The average molecular weight is 229 g/mol. The van der Waals surface area contributed by atoms with Gasteiger partial charge in [0.2, 0.25) is 0 Å². The van der Waals surface area contributed by atoms with Gasteiger partial charge in [0.25, 0.3) is 0 Å². The third-order valence-corrected chi connectivity index (χ3v) is 3.07. The van der Waals surface area contributed by atoms with E-state index in [0.29, 0.717) is 12.0 Å². The molecule has 0 aliphatic carbocycles. The molecule has 0 aromatic rings. The molecule has 0 spiro atoms. The minimum Gasteiger partial charge on any atom is -0.390 e. The average Bonchev–Trinajstić information content (AvgIpc) is 2.13. The Hall–Kier alpha value is -0.0800.